The van der Waals surface area contributed by atoms with Crippen molar-refractivity contribution in [2.24, 2.45) is 0 Å². The summed E-state index contributed by atoms with van der Waals surface area (Å²) in [5.74, 6) is 1.75. The van der Waals surface area contributed by atoms with Gasteiger partial charge in [0.25, 0.3) is 5.89 Å². The van der Waals surface area contributed by atoms with Crippen LogP contribution >= 0.6 is 12.4 Å². The van der Waals surface area contributed by atoms with Gasteiger partial charge in [0.2, 0.25) is 5.82 Å². The molecule has 0 radical (unpaired) electrons. The van der Waals surface area contributed by atoms with Crippen molar-refractivity contribution in [3.63, 3.8) is 0 Å². The van der Waals surface area contributed by atoms with E-state index in [9.17, 15) is 0 Å². The van der Waals surface area contributed by atoms with Gasteiger partial charge in [0, 0.05) is 30.5 Å². The van der Waals surface area contributed by atoms with Crippen LogP contribution in [0.25, 0.3) is 17.2 Å². The average molecular weight is 363 g/mol. The molecule has 0 amide bonds. The van der Waals surface area contributed by atoms with Crippen LogP contribution in [0.1, 0.15) is 23.4 Å². The maximum absolute atomic E-state index is 5.62. The maximum atomic E-state index is 5.62. The van der Waals surface area contributed by atoms with Crippen LogP contribution in [0, 0.1) is 13.8 Å². The fourth-order valence-electron chi connectivity index (χ4n) is 2.71. The summed E-state index contributed by atoms with van der Waals surface area (Å²) >= 11 is 0. The minimum Gasteiger partial charge on any atom is -0.366 e. The summed E-state index contributed by atoms with van der Waals surface area (Å²) in [7, 11) is 0. The van der Waals surface area contributed by atoms with E-state index in [0.717, 1.165) is 29.3 Å². The quantitative estimate of drug-likeness (QED) is 0.762. The van der Waals surface area contributed by atoms with E-state index in [-0.39, 0.29) is 18.5 Å². The topological polar surface area (TPSA) is 90.9 Å². The molecule has 1 fully saturated rings. The number of pyridine rings is 1. The highest BCUT2D eigenvalue weighted by atomic mass is 35.5. The molecule has 3 aromatic rings. The van der Waals surface area contributed by atoms with Crippen molar-refractivity contribution in [2.45, 2.75) is 20.0 Å². The lowest BCUT2D eigenvalue weighted by molar-refractivity contribution is 0.00755. The fourth-order valence-corrected chi connectivity index (χ4v) is 2.71. The first-order valence-electron chi connectivity index (χ1n) is 7.87. The molecule has 0 aromatic carbocycles. The fraction of sp³-hybridized carbons (Fsp3) is 0.375. The van der Waals surface area contributed by atoms with Crippen LogP contribution in [0.15, 0.2) is 28.9 Å². The van der Waals surface area contributed by atoms with Crippen molar-refractivity contribution in [1.82, 2.24) is 30.2 Å². The summed E-state index contributed by atoms with van der Waals surface area (Å²) in [5, 5.41) is 11.7. The van der Waals surface area contributed by atoms with Crippen molar-refractivity contribution < 1.29 is 9.26 Å². The molecular weight excluding hydrogens is 344 g/mol. The van der Waals surface area contributed by atoms with E-state index in [4.69, 9.17) is 9.26 Å². The molecule has 4 heterocycles. The van der Waals surface area contributed by atoms with Crippen LogP contribution in [0.5, 0.6) is 0 Å². The summed E-state index contributed by atoms with van der Waals surface area (Å²) in [5.41, 5.74) is 2.79. The second-order valence-electron chi connectivity index (χ2n) is 5.76. The standard InChI is InChI=1S/C16H18N6O2.ClH/c1-10-7-11(2)22(20-10)14-4-3-12(8-18-14)15-19-16(24-21-15)13-9-17-5-6-23-13;/h3-4,7-8,13,17H,5-6,9H2,1-2H3;1H/t13-;/m1./s1. The number of rotatable bonds is 3. The van der Waals surface area contributed by atoms with E-state index in [1.54, 1.807) is 6.20 Å². The lowest BCUT2D eigenvalue weighted by Gasteiger charge is -2.19. The normalized spacial score (nSPS) is 17.3. The minimum atomic E-state index is -0.193. The average Bonchev–Trinajstić information content (AvgIpc) is 3.22. The molecule has 0 aliphatic carbocycles. The van der Waals surface area contributed by atoms with E-state index < -0.39 is 0 Å². The summed E-state index contributed by atoms with van der Waals surface area (Å²) in [6, 6.07) is 5.82. The van der Waals surface area contributed by atoms with E-state index in [2.05, 4.69) is 25.5 Å². The van der Waals surface area contributed by atoms with Gasteiger partial charge in [-0.1, -0.05) is 5.16 Å². The van der Waals surface area contributed by atoms with Crippen LogP contribution < -0.4 is 5.32 Å². The number of aryl methyl sites for hydroxylation is 2. The van der Waals surface area contributed by atoms with E-state index in [1.165, 1.54) is 0 Å². The summed E-state index contributed by atoms with van der Waals surface area (Å²) in [6.07, 6.45) is 1.53. The van der Waals surface area contributed by atoms with Crippen LogP contribution in [-0.4, -0.2) is 44.6 Å². The largest absolute Gasteiger partial charge is 0.366 e. The van der Waals surface area contributed by atoms with Crippen LogP contribution in [-0.2, 0) is 4.74 Å². The zero-order chi connectivity index (χ0) is 16.5. The molecule has 8 nitrogen and oxygen atoms in total. The lowest BCUT2D eigenvalue weighted by Crippen LogP contribution is -2.33. The Balaban J connectivity index is 0.00000182. The predicted octanol–water partition coefficient (Wildman–Crippen LogP) is 2.02. The monoisotopic (exact) mass is 362 g/mol. The molecule has 0 unspecified atom stereocenters. The van der Waals surface area contributed by atoms with Gasteiger partial charge >= 0.3 is 0 Å². The molecule has 1 saturated heterocycles. The third-order valence-electron chi connectivity index (χ3n) is 3.88. The minimum absolute atomic E-state index is 0. The van der Waals surface area contributed by atoms with Gasteiger partial charge in [-0.15, -0.1) is 12.4 Å². The number of hydrogen-bond acceptors (Lipinski definition) is 7. The van der Waals surface area contributed by atoms with Gasteiger partial charge in [-0.25, -0.2) is 9.67 Å². The van der Waals surface area contributed by atoms with E-state index in [1.807, 2.05) is 36.7 Å². The highest BCUT2D eigenvalue weighted by Gasteiger charge is 2.22. The van der Waals surface area contributed by atoms with Crippen molar-refractivity contribution >= 4 is 12.4 Å². The molecule has 1 aliphatic rings. The van der Waals surface area contributed by atoms with Gasteiger partial charge in [0.15, 0.2) is 5.82 Å². The summed E-state index contributed by atoms with van der Waals surface area (Å²) in [6.45, 7) is 6.12. The van der Waals surface area contributed by atoms with Crippen LogP contribution in [0.2, 0.25) is 0 Å². The Hall–Kier alpha value is -2.29. The zero-order valence-electron chi connectivity index (χ0n) is 14.0. The molecule has 4 rings (SSSR count). The molecule has 0 saturated carbocycles. The Morgan fingerprint density at radius 3 is 2.80 bits per heavy atom. The molecular formula is C16H19ClN6O2. The van der Waals surface area contributed by atoms with Crippen molar-refractivity contribution in [2.75, 3.05) is 19.7 Å². The molecule has 3 aromatic heterocycles. The molecule has 0 bridgehead atoms. The van der Waals surface area contributed by atoms with Crippen molar-refractivity contribution in [1.29, 1.82) is 0 Å². The first-order chi connectivity index (χ1) is 11.7. The van der Waals surface area contributed by atoms with Gasteiger partial charge in [0.05, 0.1) is 12.3 Å². The van der Waals surface area contributed by atoms with Gasteiger partial charge in [0.1, 0.15) is 6.10 Å². The van der Waals surface area contributed by atoms with Gasteiger partial charge in [-0.2, -0.15) is 10.1 Å². The smallest absolute Gasteiger partial charge is 0.257 e. The summed E-state index contributed by atoms with van der Waals surface area (Å²) in [4.78, 5) is 8.88. The van der Waals surface area contributed by atoms with Crippen LogP contribution in [0.4, 0.5) is 0 Å². The Labute approximate surface area is 151 Å². The number of halogens is 1. The Bertz CT molecular complexity index is 839. The highest BCUT2D eigenvalue weighted by molar-refractivity contribution is 5.85. The number of hydrogen-bond donors (Lipinski definition) is 1. The first-order valence-corrected chi connectivity index (χ1v) is 7.87. The van der Waals surface area contributed by atoms with Gasteiger partial charge in [-0.05, 0) is 32.0 Å². The maximum Gasteiger partial charge on any atom is 0.257 e. The Morgan fingerprint density at radius 2 is 2.16 bits per heavy atom. The van der Waals surface area contributed by atoms with E-state index in [0.29, 0.717) is 24.9 Å². The second-order valence-corrected chi connectivity index (χ2v) is 5.76. The molecule has 1 N–H and O–H groups in total. The second kappa shape index (κ2) is 7.30. The van der Waals surface area contributed by atoms with Gasteiger partial charge < -0.3 is 14.6 Å². The molecule has 1 aliphatic heterocycles. The molecule has 9 heteroatoms. The van der Waals surface area contributed by atoms with Crippen LogP contribution in [0.3, 0.4) is 0 Å². The van der Waals surface area contributed by atoms with E-state index >= 15 is 0 Å². The highest BCUT2D eigenvalue weighted by Crippen LogP contribution is 2.22. The number of ether oxygens (including phenoxy) is 1. The molecule has 132 valence electrons. The Kier molecular flexibility index (Phi) is 5.12. The lowest BCUT2D eigenvalue weighted by atomic mass is 10.2. The SMILES string of the molecule is Cc1cc(C)n(-c2ccc(-c3noc([C@H]4CNCCO4)n3)cn2)n1.Cl. The number of nitrogens with zero attached hydrogens (tertiary/aromatic N) is 5. The molecule has 1 atom stereocenters. The number of aromatic nitrogens is 5. The predicted molar refractivity (Wildman–Crippen MR) is 92.9 cm³/mol. The van der Waals surface area contributed by atoms with Crippen molar-refractivity contribution in [3.8, 4) is 17.2 Å². The summed E-state index contributed by atoms with van der Waals surface area (Å²) < 4.78 is 12.8. The molecule has 25 heavy (non-hydrogen) atoms. The molecule has 0 spiro atoms. The third kappa shape index (κ3) is 3.55. The Morgan fingerprint density at radius 1 is 1.28 bits per heavy atom. The number of morpholine rings is 1. The number of nitrogens with one attached hydrogen (secondary N) is 1. The van der Waals surface area contributed by atoms with Crippen molar-refractivity contribution in [3.05, 3.63) is 41.7 Å². The first kappa shape index (κ1) is 17.5. The zero-order valence-corrected chi connectivity index (χ0v) is 14.8. The third-order valence-corrected chi connectivity index (χ3v) is 3.88. The van der Waals surface area contributed by atoms with Gasteiger partial charge in [-0.3, -0.25) is 0 Å².